The zero-order chi connectivity index (χ0) is 11.5. The van der Waals surface area contributed by atoms with Crippen molar-refractivity contribution in [3.8, 4) is 0 Å². The molecule has 1 heterocycles. The highest BCUT2D eigenvalue weighted by atomic mass is 16.6. The van der Waals surface area contributed by atoms with Crippen LogP contribution in [0, 0.1) is 10.1 Å². The average Bonchev–Trinajstić information content (AvgIpc) is 2.78. The first kappa shape index (κ1) is 10.0. The fourth-order valence-corrected chi connectivity index (χ4v) is 1.25. The number of carbonyl (C=O) groups is 1. The third-order valence-corrected chi connectivity index (χ3v) is 2.01. The maximum absolute atomic E-state index is 11.8. The summed E-state index contributed by atoms with van der Waals surface area (Å²) in [4.78, 5) is 25.0. The number of carbonyl (C=O) groups excluding carboxylic acids is 1. The number of nitrogens with zero attached hydrogens (tertiary/aromatic N) is 3. The molecule has 0 aliphatic carbocycles. The first-order valence-electron chi connectivity index (χ1n) is 4.46. The summed E-state index contributed by atoms with van der Waals surface area (Å²) in [6.07, 6.45) is 2.22. The van der Waals surface area contributed by atoms with Crippen LogP contribution >= 0.6 is 0 Å². The monoisotopic (exact) mass is 217 g/mol. The molecule has 2 rings (SSSR count). The van der Waals surface area contributed by atoms with Gasteiger partial charge in [0.2, 0.25) is 6.33 Å². The predicted molar refractivity (Wildman–Crippen MR) is 55.1 cm³/mol. The van der Waals surface area contributed by atoms with Gasteiger partial charge in [-0.25, -0.2) is 4.57 Å². The quantitative estimate of drug-likeness (QED) is 0.563. The Labute approximate surface area is 90.3 Å². The van der Waals surface area contributed by atoms with Crippen molar-refractivity contribution < 1.29 is 9.72 Å². The van der Waals surface area contributed by atoms with Crippen LogP contribution in [0.4, 0.5) is 5.82 Å². The van der Waals surface area contributed by atoms with Gasteiger partial charge in [0.25, 0.3) is 5.91 Å². The van der Waals surface area contributed by atoms with Gasteiger partial charge in [0.1, 0.15) is 6.20 Å². The second kappa shape index (κ2) is 3.93. The van der Waals surface area contributed by atoms with Crippen LogP contribution < -0.4 is 0 Å². The molecule has 1 aromatic heterocycles. The minimum absolute atomic E-state index is 0.343. The zero-order valence-corrected chi connectivity index (χ0v) is 8.11. The van der Waals surface area contributed by atoms with Crippen molar-refractivity contribution in [3.63, 3.8) is 0 Å². The van der Waals surface area contributed by atoms with E-state index in [1.165, 1.54) is 0 Å². The number of benzene rings is 1. The summed E-state index contributed by atoms with van der Waals surface area (Å²) in [5, 5.41) is 10.4. The third kappa shape index (κ3) is 1.81. The standard InChI is InChI=1S/C10H7N3O3/c14-10(8-4-2-1-3-5-8)12-6-9(11-7-12)13(15)16/h1-7H. The molecule has 1 aromatic carbocycles. The lowest BCUT2D eigenvalue weighted by Gasteiger charge is -1.97. The van der Waals surface area contributed by atoms with Crippen LogP contribution in [0.15, 0.2) is 42.9 Å². The first-order valence-corrected chi connectivity index (χ1v) is 4.46. The minimum Gasteiger partial charge on any atom is -0.358 e. The van der Waals surface area contributed by atoms with E-state index in [1.54, 1.807) is 30.3 Å². The molecule has 2 aromatic rings. The molecule has 0 unspecified atom stereocenters. The highest BCUT2D eigenvalue weighted by Crippen LogP contribution is 2.08. The van der Waals surface area contributed by atoms with E-state index < -0.39 is 4.92 Å². The second-order valence-corrected chi connectivity index (χ2v) is 3.07. The van der Waals surface area contributed by atoms with Gasteiger partial charge in [-0.15, -0.1) is 0 Å². The predicted octanol–water partition coefficient (Wildman–Crippen LogP) is 1.48. The lowest BCUT2D eigenvalue weighted by molar-refractivity contribution is -0.389. The summed E-state index contributed by atoms with van der Waals surface area (Å²) < 4.78 is 1.09. The molecule has 6 nitrogen and oxygen atoms in total. The van der Waals surface area contributed by atoms with Gasteiger partial charge in [-0.05, 0) is 22.0 Å². The van der Waals surface area contributed by atoms with Gasteiger partial charge in [0.15, 0.2) is 0 Å². The van der Waals surface area contributed by atoms with E-state index in [0.29, 0.717) is 5.56 Å². The number of aromatic nitrogens is 2. The Bertz CT molecular complexity index is 533. The number of nitro groups is 1. The molecule has 0 amide bonds. The lowest BCUT2D eigenvalue weighted by atomic mass is 10.2. The molecular formula is C10H7N3O3. The van der Waals surface area contributed by atoms with Crippen LogP contribution in [0.3, 0.4) is 0 Å². The molecule has 0 N–H and O–H groups in total. The van der Waals surface area contributed by atoms with Crippen LogP contribution in [-0.4, -0.2) is 20.4 Å². The normalized spacial score (nSPS) is 10.0. The summed E-state index contributed by atoms with van der Waals surface area (Å²) in [6.45, 7) is 0. The van der Waals surface area contributed by atoms with E-state index in [2.05, 4.69) is 4.98 Å². The van der Waals surface area contributed by atoms with Gasteiger partial charge < -0.3 is 10.1 Å². The Kier molecular flexibility index (Phi) is 2.47. The smallest absolute Gasteiger partial charge is 0.358 e. The molecule has 0 atom stereocenters. The number of hydrogen-bond donors (Lipinski definition) is 0. The van der Waals surface area contributed by atoms with Crippen molar-refractivity contribution in [2.45, 2.75) is 0 Å². The Hall–Kier alpha value is -2.50. The second-order valence-electron chi connectivity index (χ2n) is 3.07. The molecule has 0 bridgehead atoms. The fourth-order valence-electron chi connectivity index (χ4n) is 1.25. The molecule has 0 aliphatic rings. The van der Waals surface area contributed by atoms with Crippen molar-refractivity contribution in [1.82, 2.24) is 9.55 Å². The summed E-state index contributed by atoms with van der Waals surface area (Å²) in [7, 11) is 0. The maximum Gasteiger partial charge on any atom is 0.382 e. The van der Waals surface area contributed by atoms with Crippen LogP contribution in [0.5, 0.6) is 0 Å². The molecule has 0 saturated heterocycles. The number of hydrogen-bond acceptors (Lipinski definition) is 4. The van der Waals surface area contributed by atoms with Crippen LogP contribution in [0.2, 0.25) is 0 Å². The van der Waals surface area contributed by atoms with Crippen molar-refractivity contribution in [3.05, 3.63) is 58.5 Å². The molecule has 0 fully saturated rings. The molecule has 0 saturated carbocycles. The van der Waals surface area contributed by atoms with Gasteiger partial charge in [0.05, 0.1) is 0 Å². The van der Waals surface area contributed by atoms with Crippen LogP contribution in [0.1, 0.15) is 10.4 Å². The highest BCUT2D eigenvalue weighted by Gasteiger charge is 2.15. The Morgan fingerprint density at radius 1 is 1.31 bits per heavy atom. The summed E-state index contributed by atoms with van der Waals surface area (Å²) in [5.41, 5.74) is 0.454. The van der Waals surface area contributed by atoms with Crippen LogP contribution in [0.25, 0.3) is 0 Å². The van der Waals surface area contributed by atoms with E-state index in [4.69, 9.17) is 0 Å². The molecular weight excluding hydrogens is 210 g/mol. The SMILES string of the molecule is O=C(c1ccccc1)n1cnc([N+](=O)[O-])c1. The molecule has 0 spiro atoms. The van der Waals surface area contributed by atoms with Gasteiger partial charge in [-0.2, -0.15) is 0 Å². The highest BCUT2D eigenvalue weighted by molar-refractivity contribution is 5.95. The largest absolute Gasteiger partial charge is 0.382 e. The van der Waals surface area contributed by atoms with E-state index >= 15 is 0 Å². The molecule has 16 heavy (non-hydrogen) atoms. The van der Waals surface area contributed by atoms with Gasteiger partial charge in [-0.1, -0.05) is 18.2 Å². The minimum atomic E-state index is -0.644. The molecule has 80 valence electrons. The number of rotatable bonds is 2. The third-order valence-electron chi connectivity index (χ3n) is 2.01. The average molecular weight is 217 g/mol. The fraction of sp³-hybridized carbons (Fsp3) is 0. The molecule has 6 heteroatoms. The molecule has 0 radical (unpaired) electrons. The summed E-state index contributed by atoms with van der Waals surface area (Å²) >= 11 is 0. The van der Waals surface area contributed by atoms with Crippen molar-refractivity contribution >= 4 is 11.7 Å². The topological polar surface area (TPSA) is 78.0 Å². The zero-order valence-electron chi connectivity index (χ0n) is 8.11. The summed E-state index contributed by atoms with van der Waals surface area (Å²) in [6, 6.07) is 8.49. The van der Waals surface area contributed by atoms with E-state index in [9.17, 15) is 14.9 Å². The van der Waals surface area contributed by atoms with Crippen LogP contribution in [-0.2, 0) is 0 Å². The van der Waals surface area contributed by atoms with Crippen molar-refractivity contribution in [2.75, 3.05) is 0 Å². The van der Waals surface area contributed by atoms with Gasteiger partial charge in [0, 0.05) is 5.56 Å². The van der Waals surface area contributed by atoms with Gasteiger partial charge in [-0.3, -0.25) is 4.79 Å². The van der Waals surface area contributed by atoms with Crippen molar-refractivity contribution in [1.29, 1.82) is 0 Å². The van der Waals surface area contributed by atoms with E-state index in [0.717, 1.165) is 17.1 Å². The van der Waals surface area contributed by atoms with E-state index in [-0.39, 0.29) is 11.7 Å². The van der Waals surface area contributed by atoms with E-state index in [1.807, 2.05) is 0 Å². The Morgan fingerprint density at radius 2 is 2.00 bits per heavy atom. The lowest BCUT2D eigenvalue weighted by Crippen LogP contribution is -2.09. The Morgan fingerprint density at radius 3 is 2.56 bits per heavy atom. The molecule has 0 aliphatic heterocycles. The maximum atomic E-state index is 11.8. The Balaban J connectivity index is 2.31. The summed E-state index contributed by atoms with van der Waals surface area (Å²) in [5.74, 6) is -0.689. The first-order chi connectivity index (χ1) is 7.68. The van der Waals surface area contributed by atoms with Gasteiger partial charge >= 0.3 is 5.82 Å². The van der Waals surface area contributed by atoms with Crippen molar-refractivity contribution in [2.24, 2.45) is 0 Å². The number of imidazole rings is 1.